The van der Waals surface area contributed by atoms with Crippen molar-refractivity contribution >= 4 is 5.69 Å². The van der Waals surface area contributed by atoms with Crippen molar-refractivity contribution in [2.45, 2.75) is 26.2 Å². The standard InChI is InChI=1S/C17H18N2O/c1-17(2,3)13-5-7-14(8-6-13)20-16-10-12(11-18)4-9-15(16)19/h4-10H,19H2,1-3H3. The molecule has 0 amide bonds. The van der Waals surface area contributed by atoms with Crippen LogP contribution in [0, 0.1) is 11.3 Å². The van der Waals surface area contributed by atoms with Gasteiger partial charge in [0.15, 0.2) is 5.75 Å². The summed E-state index contributed by atoms with van der Waals surface area (Å²) >= 11 is 0. The van der Waals surface area contributed by atoms with E-state index in [4.69, 9.17) is 15.7 Å². The maximum absolute atomic E-state index is 8.90. The van der Waals surface area contributed by atoms with E-state index < -0.39 is 0 Å². The lowest BCUT2D eigenvalue weighted by molar-refractivity contribution is 0.483. The number of nitrogen functional groups attached to an aromatic ring is 1. The summed E-state index contributed by atoms with van der Waals surface area (Å²) in [7, 11) is 0. The molecule has 0 atom stereocenters. The van der Waals surface area contributed by atoms with Gasteiger partial charge < -0.3 is 10.5 Å². The fraction of sp³-hybridized carbons (Fsp3) is 0.235. The van der Waals surface area contributed by atoms with Gasteiger partial charge in [0.05, 0.1) is 17.3 Å². The van der Waals surface area contributed by atoms with E-state index in [1.54, 1.807) is 18.2 Å². The molecule has 0 aliphatic heterocycles. The van der Waals surface area contributed by atoms with Crippen LogP contribution in [0.1, 0.15) is 31.9 Å². The van der Waals surface area contributed by atoms with E-state index >= 15 is 0 Å². The third-order valence-corrected chi connectivity index (χ3v) is 3.09. The smallest absolute Gasteiger partial charge is 0.151 e. The number of hydrogen-bond donors (Lipinski definition) is 1. The van der Waals surface area contributed by atoms with Gasteiger partial charge >= 0.3 is 0 Å². The molecule has 2 aromatic carbocycles. The van der Waals surface area contributed by atoms with E-state index in [0.29, 0.717) is 22.7 Å². The monoisotopic (exact) mass is 266 g/mol. The lowest BCUT2D eigenvalue weighted by Gasteiger charge is -2.19. The summed E-state index contributed by atoms with van der Waals surface area (Å²) in [6.45, 7) is 6.49. The Kier molecular flexibility index (Phi) is 3.67. The third-order valence-electron chi connectivity index (χ3n) is 3.09. The first-order valence-electron chi connectivity index (χ1n) is 6.48. The lowest BCUT2D eigenvalue weighted by atomic mass is 9.87. The van der Waals surface area contributed by atoms with Crippen molar-refractivity contribution in [1.29, 1.82) is 5.26 Å². The van der Waals surface area contributed by atoms with Gasteiger partial charge in [-0.2, -0.15) is 5.26 Å². The Bertz CT molecular complexity index is 646. The zero-order chi connectivity index (χ0) is 14.8. The molecule has 0 aromatic heterocycles. The lowest BCUT2D eigenvalue weighted by Crippen LogP contribution is -2.10. The zero-order valence-corrected chi connectivity index (χ0v) is 12.0. The second kappa shape index (κ2) is 5.26. The fourth-order valence-corrected chi connectivity index (χ4v) is 1.84. The topological polar surface area (TPSA) is 59.0 Å². The Morgan fingerprint density at radius 3 is 2.25 bits per heavy atom. The summed E-state index contributed by atoms with van der Waals surface area (Å²) in [5, 5.41) is 8.90. The van der Waals surface area contributed by atoms with Crippen LogP contribution in [0.25, 0.3) is 0 Å². The molecule has 0 saturated heterocycles. The first-order chi connectivity index (χ1) is 9.40. The van der Waals surface area contributed by atoms with E-state index in [1.165, 1.54) is 5.56 Å². The van der Waals surface area contributed by atoms with Crippen LogP contribution in [0.4, 0.5) is 5.69 Å². The molecule has 0 saturated carbocycles. The number of rotatable bonds is 2. The number of benzene rings is 2. The molecule has 0 heterocycles. The van der Waals surface area contributed by atoms with Gasteiger partial charge in [-0.05, 0) is 35.2 Å². The summed E-state index contributed by atoms with van der Waals surface area (Å²) in [4.78, 5) is 0. The minimum Gasteiger partial charge on any atom is -0.455 e. The van der Waals surface area contributed by atoms with E-state index in [1.807, 2.05) is 24.3 Å². The van der Waals surface area contributed by atoms with Crippen molar-refractivity contribution in [2.24, 2.45) is 0 Å². The number of nitriles is 1. The van der Waals surface area contributed by atoms with E-state index in [-0.39, 0.29) is 5.41 Å². The highest BCUT2D eigenvalue weighted by atomic mass is 16.5. The number of nitrogens with two attached hydrogens (primary N) is 1. The second-order valence-electron chi connectivity index (χ2n) is 5.74. The quantitative estimate of drug-likeness (QED) is 0.827. The molecular formula is C17H18N2O. The van der Waals surface area contributed by atoms with Gasteiger partial charge in [0, 0.05) is 6.07 Å². The molecule has 0 radical (unpaired) electrons. The van der Waals surface area contributed by atoms with Crippen LogP contribution in [-0.2, 0) is 5.41 Å². The normalized spacial score (nSPS) is 10.9. The first kappa shape index (κ1) is 14.0. The molecule has 0 unspecified atom stereocenters. The predicted octanol–water partition coefficient (Wildman–Crippen LogP) is 4.23. The summed E-state index contributed by atoms with van der Waals surface area (Å²) in [6.07, 6.45) is 0. The summed E-state index contributed by atoms with van der Waals surface area (Å²) in [5.41, 5.74) is 8.25. The Morgan fingerprint density at radius 2 is 1.70 bits per heavy atom. The maximum atomic E-state index is 8.90. The largest absolute Gasteiger partial charge is 0.455 e. The molecule has 0 fully saturated rings. The van der Waals surface area contributed by atoms with E-state index in [9.17, 15) is 0 Å². The van der Waals surface area contributed by atoms with Crippen LogP contribution in [0.5, 0.6) is 11.5 Å². The molecule has 0 aliphatic rings. The third kappa shape index (κ3) is 3.10. The zero-order valence-electron chi connectivity index (χ0n) is 12.0. The van der Waals surface area contributed by atoms with Crippen LogP contribution in [0.3, 0.4) is 0 Å². The Hall–Kier alpha value is -2.47. The van der Waals surface area contributed by atoms with Crippen molar-refractivity contribution < 1.29 is 4.74 Å². The number of nitrogens with zero attached hydrogens (tertiary/aromatic N) is 1. The minimum atomic E-state index is 0.109. The molecule has 102 valence electrons. The van der Waals surface area contributed by atoms with Gasteiger partial charge in [0.25, 0.3) is 0 Å². The highest BCUT2D eigenvalue weighted by Crippen LogP contribution is 2.30. The van der Waals surface area contributed by atoms with Crippen molar-refractivity contribution in [2.75, 3.05) is 5.73 Å². The van der Waals surface area contributed by atoms with Gasteiger partial charge in [-0.15, -0.1) is 0 Å². The average Bonchev–Trinajstić information content (AvgIpc) is 2.41. The van der Waals surface area contributed by atoms with Gasteiger partial charge in [-0.1, -0.05) is 32.9 Å². The number of hydrogen-bond acceptors (Lipinski definition) is 3. The van der Waals surface area contributed by atoms with Crippen LogP contribution >= 0.6 is 0 Å². The SMILES string of the molecule is CC(C)(C)c1ccc(Oc2cc(C#N)ccc2N)cc1. The fourth-order valence-electron chi connectivity index (χ4n) is 1.84. The first-order valence-corrected chi connectivity index (χ1v) is 6.48. The Morgan fingerprint density at radius 1 is 1.05 bits per heavy atom. The van der Waals surface area contributed by atoms with Crippen molar-refractivity contribution in [1.82, 2.24) is 0 Å². The highest BCUT2D eigenvalue weighted by molar-refractivity contribution is 5.57. The van der Waals surface area contributed by atoms with Gasteiger partial charge in [-0.25, -0.2) is 0 Å². The van der Waals surface area contributed by atoms with Crippen LogP contribution < -0.4 is 10.5 Å². The summed E-state index contributed by atoms with van der Waals surface area (Å²) < 4.78 is 5.74. The van der Waals surface area contributed by atoms with Gasteiger partial charge in [0.1, 0.15) is 5.75 Å². The van der Waals surface area contributed by atoms with Crippen LogP contribution in [-0.4, -0.2) is 0 Å². The molecule has 0 spiro atoms. The second-order valence-corrected chi connectivity index (χ2v) is 5.74. The highest BCUT2D eigenvalue weighted by Gasteiger charge is 2.13. The molecule has 3 heteroatoms. The number of anilines is 1. The van der Waals surface area contributed by atoms with E-state index in [2.05, 4.69) is 26.8 Å². The van der Waals surface area contributed by atoms with E-state index in [0.717, 1.165) is 0 Å². The summed E-state index contributed by atoms with van der Waals surface area (Å²) in [6, 6.07) is 15.0. The molecule has 2 N–H and O–H groups in total. The van der Waals surface area contributed by atoms with Crippen molar-refractivity contribution in [3.8, 4) is 17.6 Å². The molecule has 2 aromatic rings. The molecule has 20 heavy (non-hydrogen) atoms. The number of ether oxygens (including phenoxy) is 1. The molecular weight excluding hydrogens is 248 g/mol. The summed E-state index contributed by atoms with van der Waals surface area (Å²) in [5.74, 6) is 1.22. The predicted molar refractivity (Wildman–Crippen MR) is 80.8 cm³/mol. The molecule has 2 rings (SSSR count). The molecule has 3 nitrogen and oxygen atoms in total. The Balaban J connectivity index is 2.25. The van der Waals surface area contributed by atoms with Crippen LogP contribution in [0.15, 0.2) is 42.5 Å². The molecule has 0 aliphatic carbocycles. The van der Waals surface area contributed by atoms with Gasteiger partial charge in [0.2, 0.25) is 0 Å². The maximum Gasteiger partial charge on any atom is 0.151 e. The average molecular weight is 266 g/mol. The Labute approximate surface area is 119 Å². The van der Waals surface area contributed by atoms with Crippen molar-refractivity contribution in [3.05, 3.63) is 53.6 Å². The van der Waals surface area contributed by atoms with Crippen molar-refractivity contribution in [3.63, 3.8) is 0 Å². The molecule has 0 bridgehead atoms. The minimum absolute atomic E-state index is 0.109. The van der Waals surface area contributed by atoms with Crippen LogP contribution in [0.2, 0.25) is 0 Å². The van der Waals surface area contributed by atoms with Gasteiger partial charge in [-0.3, -0.25) is 0 Å².